The summed E-state index contributed by atoms with van der Waals surface area (Å²) in [6, 6.07) is 16.9. The number of benzene rings is 2. The number of amides is 3. The molecule has 2 atom stereocenters. The quantitative estimate of drug-likeness (QED) is 0.182. The lowest BCUT2D eigenvalue weighted by Crippen LogP contribution is -2.62. The first-order valence-corrected chi connectivity index (χ1v) is 16.5. The minimum Gasteiger partial charge on any atom is -0.481 e. The Morgan fingerprint density at radius 1 is 0.957 bits per heavy atom. The second-order valence-electron chi connectivity index (χ2n) is 14.0. The molecule has 4 saturated carbocycles. The average Bonchev–Trinajstić information content (AvgIpc) is 3.40. The van der Waals surface area contributed by atoms with Gasteiger partial charge in [-0.2, -0.15) is 0 Å². The number of fused-ring (bicyclic) bond motifs is 1. The van der Waals surface area contributed by atoms with Crippen LogP contribution in [0.3, 0.4) is 0 Å². The average molecular weight is 629 g/mol. The fourth-order valence-electron chi connectivity index (χ4n) is 8.41. The predicted octanol–water partition coefficient (Wildman–Crippen LogP) is 4.87. The molecule has 10 heteroatoms. The summed E-state index contributed by atoms with van der Waals surface area (Å²) >= 11 is 0. The topological polar surface area (TPSA) is 150 Å². The van der Waals surface area contributed by atoms with Crippen molar-refractivity contribution in [3.63, 3.8) is 0 Å². The lowest BCUT2D eigenvalue weighted by Gasteiger charge is -2.55. The van der Waals surface area contributed by atoms with E-state index in [1.54, 1.807) is 6.92 Å². The van der Waals surface area contributed by atoms with E-state index >= 15 is 0 Å². The summed E-state index contributed by atoms with van der Waals surface area (Å²) in [7, 11) is 0. The second kappa shape index (κ2) is 13.2. The molecule has 0 saturated heterocycles. The fourth-order valence-corrected chi connectivity index (χ4v) is 8.41. The molecule has 46 heavy (non-hydrogen) atoms. The van der Waals surface area contributed by atoms with Gasteiger partial charge < -0.3 is 30.8 Å². The molecule has 0 unspecified atom stereocenters. The first kappa shape index (κ1) is 31.6. The van der Waals surface area contributed by atoms with Gasteiger partial charge in [-0.1, -0.05) is 48.5 Å². The molecule has 1 heterocycles. The number of carboxylic acids is 1. The lowest BCUT2D eigenvalue weighted by atomic mass is 9.54. The molecule has 1 aromatic heterocycles. The van der Waals surface area contributed by atoms with E-state index in [0.717, 1.165) is 41.3 Å². The summed E-state index contributed by atoms with van der Waals surface area (Å²) < 4.78 is 6.29. The van der Waals surface area contributed by atoms with Crippen molar-refractivity contribution in [3.05, 3.63) is 71.9 Å². The van der Waals surface area contributed by atoms with Crippen LogP contribution in [0.5, 0.6) is 0 Å². The molecule has 7 rings (SSSR count). The van der Waals surface area contributed by atoms with Gasteiger partial charge in [-0.15, -0.1) is 0 Å². The van der Waals surface area contributed by atoms with E-state index in [1.165, 1.54) is 19.3 Å². The highest BCUT2D eigenvalue weighted by atomic mass is 16.6. The van der Waals surface area contributed by atoms with Gasteiger partial charge in [0.25, 0.3) is 0 Å². The van der Waals surface area contributed by atoms with Crippen molar-refractivity contribution in [2.24, 2.45) is 17.8 Å². The van der Waals surface area contributed by atoms with Crippen molar-refractivity contribution in [2.75, 3.05) is 6.54 Å². The Kier molecular flexibility index (Phi) is 9.06. The van der Waals surface area contributed by atoms with Crippen molar-refractivity contribution in [1.82, 2.24) is 20.9 Å². The Labute approximate surface area is 269 Å². The van der Waals surface area contributed by atoms with Crippen LogP contribution in [0.25, 0.3) is 10.9 Å². The van der Waals surface area contributed by atoms with Gasteiger partial charge in [-0.25, -0.2) is 4.79 Å². The summed E-state index contributed by atoms with van der Waals surface area (Å²) in [5, 5.41) is 18.8. The first-order valence-electron chi connectivity index (χ1n) is 16.5. The number of carbonyl (C=O) groups is 4. The zero-order valence-electron chi connectivity index (χ0n) is 26.3. The number of carbonyl (C=O) groups excluding carboxylic acids is 3. The minimum absolute atomic E-state index is 0.0972. The maximum atomic E-state index is 14.3. The molecule has 0 radical (unpaired) electrons. The summed E-state index contributed by atoms with van der Waals surface area (Å²) in [4.78, 5) is 54.7. The number of aromatic nitrogens is 1. The van der Waals surface area contributed by atoms with Gasteiger partial charge in [-0.05, 0) is 86.8 Å². The van der Waals surface area contributed by atoms with E-state index in [4.69, 9.17) is 9.84 Å². The second-order valence-corrected chi connectivity index (χ2v) is 14.0. The van der Waals surface area contributed by atoms with Crippen LogP contribution in [0.1, 0.15) is 69.4 Å². The van der Waals surface area contributed by atoms with Crippen LogP contribution in [-0.2, 0) is 32.0 Å². The summed E-state index contributed by atoms with van der Waals surface area (Å²) in [6.07, 6.45) is 7.82. The maximum Gasteiger partial charge on any atom is 0.408 e. The van der Waals surface area contributed by atoms with Gasteiger partial charge >= 0.3 is 12.1 Å². The maximum absolute atomic E-state index is 14.3. The Morgan fingerprint density at radius 2 is 1.61 bits per heavy atom. The zero-order valence-corrected chi connectivity index (χ0v) is 26.3. The molecule has 4 bridgehead atoms. The molecule has 0 spiro atoms. The van der Waals surface area contributed by atoms with Crippen LogP contribution in [0.2, 0.25) is 0 Å². The van der Waals surface area contributed by atoms with Gasteiger partial charge in [-0.3, -0.25) is 14.4 Å². The molecule has 3 amide bonds. The van der Waals surface area contributed by atoms with Gasteiger partial charge in [0.05, 0.1) is 12.5 Å². The zero-order chi connectivity index (χ0) is 32.3. The highest BCUT2D eigenvalue weighted by Gasteiger charge is 2.53. The van der Waals surface area contributed by atoms with Crippen molar-refractivity contribution < 1.29 is 29.0 Å². The standard InChI is InChI=1S/C36H44N4O6/c1-35(20-27-21-37-30-10-6-5-9-29(27)30,40-34(45)46-36-17-24-13-25(18-36)15-26(14-24)19-36)33(44)39-28(16-23-7-3-2-4-8-23)22-38-31(41)11-12-32(42)43/h2-10,21,24-26,28,37H,11-20,22H2,1H3,(H,38,41)(H,39,44)(H,40,45)(H,42,43)/t24?,25?,26?,28-,35+,36?/m1/s1. The number of carboxylic acid groups (broad SMARTS) is 1. The third kappa shape index (κ3) is 7.37. The van der Waals surface area contributed by atoms with Crippen LogP contribution in [0.15, 0.2) is 60.8 Å². The van der Waals surface area contributed by atoms with Crippen molar-refractivity contribution in [3.8, 4) is 0 Å². The van der Waals surface area contributed by atoms with Crippen LogP contribution in [0, 0.1) is 17.8 Å². The Morgan fingerprint density at radius 3 is 2.28 bits per heavy atom. The van der Waals surface area contributed by atoms with Crippen LogP contribution in [0.4, 0.5) is 4.79 Å². The number of alkyl carbamates (subject to hydrolysis) is 1. The van der Waals surface area contributed by atoms with Crippen molar-refractivity contribution >= 4 is 34.8 Å². The highest BCUT2D eigenvalue weighted by Crippen LogP contribution is 2.57. The molecule has 3 aromatic rings. The molecule has 4 aliphatic carbocycles. The summed E-state index contributed by atoms with van der Waals surface area (Å²) in [6.45, 7) is 1.82. The molecular formula is C36H44N4O6. The number of H-pyrrole nitrogens is 1. The third-order valence-corrected chi connectivity index (χ3v) is 10.2. The van der Waals surface area contributed by atoms with Gasteiger partial charge in [0.2, 0.25) is 11.8 Å². The predicted molar refractivity (Wildman–Crippen MR) is 173 cm³/mol. The van der Waals surface area contributed by atoms with E-state index in [0.29, 0.717) is 24.2 Å². The number of aromatic amines is 1. The fraction of sp³-hybridized carbons (Fsp3) is 0.500. The Balaban J connectivity index is 1.22. The van der Waals surface area contributed by atoms with Gasteiger partial charge in [0.15, 0.2) is 0 Å². The third-order valence-electron chi connectivity index (χ3n) is 10.2. The highest BCUT2D eigenvalue weighted by molar-refractivity contribution is 5.92. The lowest BCUT2D eigenvalue weighted by molar-refractivity contribution is -0.138. The number of nitrogens with one attached hydrogen (secondary N) is 4. The number of para-hydroxylation sites is 1. The Hall–Kier alpha value is -4.34. The van der Waals surface area contributed by atoms with Crippen LogP contribution in [-0.4, -0.2) is 57.7 Å². The van der Waals surface area contributed by atoms with E-state index in [-0.39, 0.29) is 25.8 Å². The molecule has 4 fully saturated rings. The van der Waals surface area contributed by atoms with Crippen molar-refractivity contribution in [2.45, 2.75) is 88.3 Å². The summed E-state index contributed by atoms with van der Waals surface area (Å²) in [5.74, 6) is -0.0587. The van der Waals surface area contributed by atoms with E-state index < -0.39 is 41.1 Å². The van der Waals surface area contributed by atoms with E-state index in [1.807, 2.05) is 60.8 Å². The van der Waals surface area contributed by atoms with Gasteiger partial charge in [0, 0.05) is 36.5 Å². The normalized spacial score (nSPS) is 24.9. The van der Waals surface area contributed by atoms with Gasteiger partial charge in [0.1, 0.15) is 11.1 Å². The number of hydrogen-bond acceptors (Lipinski definition) is 5. The van der Waals surface area contributed by atoms with E-state index in [9.17, 15) is 19.2 Å². The molecular weight excluding hydrogens is 584 g/mol. The molecule has 0 aliphatic heterocycles. The smallest absolute Gasteiger partial charge is 0.408 e. The number of rotatable bonds is 13. The molecule has 10 nitrogen and oxygen atoms in total. The number of aliphatic carboxylic acids is 1. The molecule has 244 valence electrons. The van der Waals surface area contributed by atoms with Crippen LogP contribution < -0.4 is 16.0 Å². The SMILES string of the molecule is C[C@@](Cc1c[nH]c2ccccc12)(NC(=O)OC12CC3CC(CC(C3)C1)C2)C(=O)N[C@@H](CNC(=O)CCC(=O)O)Cc1ccccc1. The van der Waals surface area contributed by atoms with E-state index in [2.05, 4.69) is 20.9 Å². The molecule has 5 N–H and O–H groups in total. The van der Waals surface area contributed by atoms with Crippen molar-refractivity contribution in [1.29, 1.82) is 0 Å². The monoisotopic (exact) mass is 628 g/mol. The first-order chi connectivity index (χ1) is 22.1. The molecule has 4 aliphatic rings. The van der Waals surface area contributed by atoms with Crippen LogP contribution >= 0.6 is 0 Å². The largest absolute Gasteiger partial charge is 0.481 e. The number of ether oxygens (including phenoxy) is 1. The number of hydrogen-bond donors (Lipinski definition) is 5. The Bertz CT molecular complexity index is 1550. The summed E-state index contributed by atoms with van der Waals surface area (Å²) in [5.41, 5.74) is 0.923. The molecule has 2 aromatic carbocycles. The minimum atomic E-state index is -1.38.